The summed E-state index contributed by atoms with van der Waals surface area (Å²) in [7, 11) is 0. The van der Waals surface area contributed by atoms with Crippen LogP contribution in [0, 0.1) is 20.8 Å². The first-order chi connectivity index (χ1) is 14.8. The molecule has 182 valence electrons. The van der Waals surface area contributed by atoms with Gasteiger partial charge in [-0.3, -0.25) is 0 Å². The van der Waals surface area contributed by atoms with E-state index in [2.05, 4.69) is 34.6 Å². The van der Waals surface area contributed by atoms with E-state index >= 15 is 0 Å². The SMILES string of the molecule is CCCCCCCCCCC(=O)[O-].Cc1cccc(C(=O)[O-])c1.[CH2]CCC.[CH2]CCC.[Sn+2]. The van der Waals surface area contributed by atoms with Gasteiger partial charge in [0, 0.05) is 5.97 Å². The number of carbonyl (C=O) groups excluding carboxylic acids is 2. The van der Waals surface area contributed by atoms with Crippen LogP contribution in [0.5, 0.6) is 0 Å². The molecule has 0 aliphatic rings. The molecule has 1 rings (SSSR count). The van der Waals surface area contributed by atoms with Crippen molar-refractivity contribution in [2.75, 3.05) is 0 Å². The van der Waals surface area contributed by atoms with Gasteiger partial charge in [0.1, 0.15) is 0 Å². The molecule has 32 heavy (non-hydrogen) atoms. The van der Waals surface area contributed by atoms with E-state index in [9.17, 15) is 19.8 Å². The minimum Gasteiger partial charge on any atom is -0.550 e. The van der Waals surface area contributed by atoms with Crippen molar-refractivity contribution in [1.82, 2.24) is 0 Å². The minimum absolute atomic E-state index is 0. The number of rotatable bonds is 12. The van der Waals surface area contributed by atoms with Crippen molar-refractivity contribution >= 4 is 35.8 Å². The van der Waals surface area contributed by atoms with Crippen LogP contribution in [0.1, 0.15) is 120 Å². The number of hydrogen-bond donors (Lipinski definition) is 0. The molecule has 0 aliphatic heterocycles. The fraction of sp³-hybridized carbons (Fsp3) is 0.630. The smallest absolute Gasteiger partial charge is 0.550 e. The van der Waals surface area contributed by atoms with Gasteiger partial charge in [-0.15, -0.1) is 0 Å². The fourth-order valence-corrected chi connectivity index (χ4v) is 2.18. The van der Waals surface area contributed by atoms with E-state index in [1.165, 1.54) is 57.4 Å². The van der Waals surface area contributed by atoms with Crippen LogP contribution >= 0.6 is 0 Å². The summed E-state index contributed by atoms with van der Waals surface area (Å²) in [6.07, 6.45) is 14.3. The quantitative estimate of drug-likeness (QED) is 0.254. The van der Waals surface area contributed by atoms with E-state index < -0.39 is 11.9 Å². The van der Waals surface area contributed by atoms with Crippen LogP contribution in [-0.2, 0) is 4.79 Å². The molecule has 0 saturated carbocycles. The molecule has 4 radical (unpaired) electrons. The van der Waals surface area contributed by atoms with Gasteiger partial charge in [-0.2, -0.15) is 0 Å². The van der Waals surface area contributed by atoms with Crippen LogP contribution < -0.4 is 10.2 Å². The number of benzene rings is 1. The summed E-state index contributed by atoms with van der Waals surface area (Å²) >= 11 is 0. The van der Waals surface area contributed by atoms with Crippen molar-refractivity contribution in [3.63, 3.8) is 0 Å². The summed E-state index contributed by atoms with van der Waals surface area (Å²) in [5, 5.41) is 20.3. The molecule has 0 bridgehead atoms. The average Bonchev–Trinajstić information content (AvgIpc) is 2.76. The topological polar surface area (TPSA) is 80.3 Å². The number of hydrogen-bond acceptors (Lipinski definition) is 4. The molecule has 0 aromatic heterocycles. The van der Waals surface area contributed by atoms with Crippen LogP contribution in [0.25, 0.3) is 0 Å². The van der Waals surface area contributed by atoms with E-state index in [0.29, 0.717) is 0 Å². The van der Waals surface area contributed by atoms with Crippen molar-refractivity contribution in [1.29, 1.82) is 0 Å². The summed E-state index contributed by atoms with van der Waals surface area (Å²) in [5.41, 5.74) is 1.17. The third-order valence-electron chi connectivity index (χ3n) is 4.20. The van der Waals surface area contributed by atoms with Gasteiger partial charge in [-0.1, -0.05) is 135 Å². The van der Waals surface area contributed by atoms with Gasteiger partial charge in [0.15, 0.2) is 0 Å². The summed E-state index contributed by atoms with van der Waals surface area (Å²) < 4.78 is 0. The summed E-state index contributed by atoms with van der Waals surface area (Å²) in [4.78, 5) is 20.3. The first-order valence-corrected chi connectivity index (χ1v) is 11.9. The Labute approximate surface area is 215 Å². The van der Waals surface area contributed by atoms with E-state index in [1.54, 1.807) is 12.1 Å². The molecule has 4 nitrogen and oxygen atoms in total. The number of unbranched alkanes of at least 4 members (excludes halogenated alkanes) is 9. The molecule has 0 heterocycles. The zero-order valence-corrected chi connectivity index (χ0v) is 23.9. The van der Waals surface area contributed by atoms with Gasteiger partial charge >= 0.3 is 23.9 Å². The fourth-order valence-electron chi connectivity index (χ4n) is 2.18. The van der Waals surface area contributed by atoms with Crippen LogP contribution in [0.15, 0.2) is 24.3 Å². The summed E-state index contributed by atoms with van der Waals surface area (Å²) in [6.45, 7) is 15.5. The average molecular weight is 553 g/mol. The standard InChI is InChI=1S/C11H22O2.C8H8O2.2C4H9.Sn/c1-2-3-4-5-6-7-8-9-10-11(12)13;1-6-3-2-4-7(5-6)8(9)10;2*1-3-4-2;/h2-10H2,1H3,(H,12,13);2-5H,1H3,(H,9,10);2*1,3-4H2,2H3;/q;;;;+2/p-2. The maximum atomic E-state index is 10.2. The molecule has 0 N–H and O–H groups in total. The van der Waals surface area contributed by atoms with E-state index in [0.717, 1.165) is 31.2 Å². The van der Waals surface area contributed by atoms with Crippen LogP contribution in [-0.4, -0.2) is 35.8 Å². The van der Waals surface area contributed by atoms with Gasteiger partial charge in [-0.25, -0.2) is 0 Å². The Morgan fingerprint density at radius 2 is 1.22 bits per heavy atom. The predicted molar refractivity (Wildman–Crippen MR) is 134 cm³/mol. The molecule has 0 unspecified atom stereocenters. The number of carboxylic acid groups (broad SMARTS) is 2. The third kappa shape index (κ3) is 36.3. The Morgan fingerprint density at radius 1 is 0.781 bits per heavy atom. The summed E-state index contributed by atoms with van der Waals surface area (Å²) in [5.74, 6) is -2.03. The van der Waals surface area contributed by atoms with Gasteiger partial charge < -0.3 is 19.8 Å². The molecule has 0 amide bonds. The van der Waals surface area contributed by atoms with Crippen molar-refractivity contribution in [2.45, 2.75) is 111 Å². The predicted octanol–water partition coefficient (Wildman–Crippen LogP) is 5.49. The van der Waals surface area contributed by atoms with Crippen molar-refractivity contribution in [2.24, 2.45) is 0 Å². The maximum Gasteiger partial charge on any atom is 2.00 e. The minimum atomic E-state index is -1.12. The van der Waals surface area contributed by atoms with E-state index in [-0.39, 0.29) is 35.9 Å². The zero-order chi connectivity index (χ0) is 24.3. The van der Waals surface area contributed by atoms with Crippen molar-refractivity contribution < 1.29 is 19.8 Å². The second-order valence-electron chi connectivity index (χ2n) is 7.46. The molecule has 1 aromatic carbocycles. The van der Waals surface area contributed by atoms with Gasteiger partial charge in [-0.05, 0) is 25.3 Å². The number of carboxylic acids is 2. The Balaban J connectivity index is -0.000000182. The second kappa shape index (κ2) is 32.1. The van der Waals surface area contributed by atoms with Gasteiger partial charge in [0.25, 0.3) is 0 Å². The number of aliphatic carboxylic acids is 1. The van der Waals surface area contributed by atoms with E-state index in [1.807, 2.05) is 13.0 Å². The molecule has 1 aromatic rings. The summed E-state index contributed by atoms with van der Waals surface area (Å²) in [6, 6.07) is 6.63. The van der Waals surface area contributed by atoms with Crippen LogP contribution in [0.2, 0.25) is 0 Å². The third-order valence-corrected chi connectivity index (χ3v) is 4.20. The molecule has 0 atom stereocenters. The molecule has 0 spiro atoms. The molecule has 0 aliphatic carbocycles. The first-order valence-electron chi connectivity index (χ1n) is 11.9. The van der Waals surface area contributed by atoms with E-state index in [4.69, 9.17) is 0 Å². The maximum absolute atomic E-state index is 10.2. The number of carbonyl (C=O) groups is 2. The van der Waals surface area contributed by atoms with Gasteiger partial charge in [0.2, 0.25) is 0 Å². The molecular weight excluding hydrogens is 507 g/mol. The molecular formula is C27H46O4Sn. The van der Waals surface area contributed by atoms with Crippen LogP contribution in [0.3, 0.4) is 0 Å². The Morgan fingerprint density at radius 3 is 1.53 bits per heavy atom. The Hall–Kier alpha value is -1.04. The monoisotopic (exact) mass is 554 g/mol. The number of aromatic carboxylic acids is 1. The molecule has 0 saturated heterocycles. The van der Waals surface area contributed by atoms with Crippen LogP contribution in [0.4, 0.5) is 0 Å². The van der Waals surface area contributed by atoms with Crippen molar-refractivity contribution in [3.05, 3.63) is 49.2 Å². The zero-order valence-electron chi connectivity index (χ0n) is 21.0. The molecule has 5 heteroatoms. The first kappa shape index (κ1) is 38.2. The molecule has 0 fully saturated rings. The van der Waals surface area contributed by atoms with Gasteiger partial charge in [0.05, 0.1) is 5.97 Å². The van der Waals surface area contributed by atoms with Crippen molar-refractivity contribution in [3.8, 4) is 0 Å². The largest absolute Gasteiger partial charge is 2.00 e. The Bertz CT molecular complexity index is 510. The normalized spacial score (nSPS) is 8.94. The number of aryl methyl sites for hydroxylation is 1. The Kier molecular flexibility index (Phi) is 38.4. The second-order valence-corrected chi connectivity index (χ2v) is 7.46.